The molecule has 0 spiro atoms. The highest BCUT2D eigenvalue weighted by Gasteiger charge is 2.16. The number of benzene rings is 3. The second kappa shape index (κ2) is 8.60. The van der Waals surface area contributed by atoms with E-state index in [9.17, 15) is 18.0 Å². The smallest absolute Gasteiger partial charge is 0.323 e. The summed E-state index contributed by atoms with van der Waals surface area (Å²) in [4.78, 5) is 28.9. The van der Waals surface area contributed by atoms with Crippen molar-refractivity contribution in [2.45, 2.75) is 11.4 Å². The van der Waals surface area contributed by atoms with Crippen LogP contribution in [0.5, 0.6) is 5.75 Å². The van der Waals surface area contributed by atoms with Gasteiger partial charge >= 0.3 is 5.69 Å². The Kier molecular flexibility index (Phi) is 5.69. The molecule has 4 rings (SSSR count). The van der Waals surface area contributed by atoms with Gasteiger partial charge in [0, 0.05) is 17.8 Å². The number of aromatic nitrogens is 2. The van der Waals surface area contributed by atoms with Gasteiger partial charge in [0.15, 0.2) is 0 Å². The second-order valence-electron chi connectivity index (χ2n) is 7.00. The van der Waals surface area contributed by atoms with Crippen LogP contribution in [0.4, 0.5) is 5.69 Å². The van der Waals surface area contributed by atoms with Gasteiger partial charge < -0.3 is 20.0 Å². The van der Waals surface area contributed by atoms with Gasteiger partial charge in [-0.3, -0.25) is 9.52 Å². The van der Waals surface area contributed by atoms with Gasteiger partial charge in [-0.25, -0.2) is 13.2 Å². The van der Waals surface area contributed by atoms with Crippen molar-refractivity contribution in [1.29, 1.82) is 0 Å². The maximum absolute atomic E-state index is 12.7. The standard InChI is InChI=1S/C22H20N4O5S/c1-31-17-4-2-3-14(11-17)13-23-21(27)15-5-7-16(8-6-15)26-32(29,30)18-9-10-19-20(12-18)25-22(28)24-19/h2-12,26H,13H2,1H3,(H,23,27)(H2,24,25,28). The molecule has 0 atom stereocenters. The number of sulfonamides is 1. The minimum atomic E-state index is -3.88. The molecule has 3 aromatic carbocycles. The maximum atomic E-state index is 12.7. The highest BCUT2D eigenvalue weighted by molar-refractivity contribution is 7.92. The SMILES string of the molecule is COc1cccc(CNC(=O)c2ccc(NS(=O)(=O)c3ccc4[nH]c(=O)[nH]c4c3)cc2)c1. The molecule has 1 heterocycles. The van der Waals surface area contributed by atoms with E-state index in [4.69, 9.17) is 4.74 Å². The van der Waals surface area contributed by atoms with Gasteiger partial charge in [0.05, 0.1) is 23.0 Å². The van der Waals surface area contributed by atoms with Crippen LogP contribution in [0.15, 0.2) is 76.4 Å². The number of hydrogen-bond acceptors (Lipinski definition) is 5. The van der Waals surface area contributed by atoms with Gasteiger partial charge in [-0.05, 0) is 60.2 Å². The number of rotatable bonds is 7. The quantitative estimate of drug-likeness (QED) is 0.342. The molecular weight excluding hydrogens is 432 g/mol. The largest absolute Gasteiger partial charge is 0.497 e. The van der Waals surface area contributed by atoms with E-state index >= 15 is 0 Å². The number of H-pyrrole nitrogens is 2. The Hall–Kier alpha value is -4.05. The Morgan fingerprint density at radius 1 is 0.969 bits per heavy atom. The average molecular weight is 452 g/mol. The number of methoxy groups -OCH3 is 1. The first-order valence-corrected chi connectivity index (χ1v) is 11.1. The van der Waals surface area contributed by atoms with Gasteiger partial charge in [0.2, 0.25) is 0 Å². The summed E-state index contributed by atoms with van der Waals surface area (Å²) < 4.78 is 33.0. The lowest BCUT2D eigenvalue weighted by atomic mass is 10.1. The molecule has 0 saturated carbocycles. The first-order chi connectivity index (χ1) is 15.3. The Labute approximate surface area is 183 Å². The van der Waals surface area contributed by atoms with Crippen molar-refractivity contribution in [3.63, 3.8) is 0 Å². The lowest BCUT2D eigenvalue weighted by Crippen LogP contribution is -2.22. The lowest BCUT2D eigenvalue weighted by Gasteiger charge is -2.10. The van der Waals surface area contributed by atoms with Gasteiger partial charge in [-0.1, -0.05) is 12.1 Å². The topological polar surface area (TPSA) is 133 Å². The van der Waals surface area contributed by atoms with Gasteiger partial charge in [0.1, 0.15) is 5.75 Å². The van der Waals surface area contributed by atoms with E-state index in [1.54, 1.807) is 7.11 Å². The molecule has 1 amide bonds. The van der Waals surface area contributed by atoms with Crippen molar-refractivity contribution in [1.82, 2.24) is 15.3 Å². The van der Waals surface area contributed by atoms with Crippen molar-refractivity contribution >= 4 is 32.7 Å². The molecule has 0 bridgehead atoms. The zero-order valence-electron chi connectivity index (χ0n) is 17.0. The average Bonchev–Trinajstić information content (AvgIpc) is 3.17. The number of carbonyl (C=O) groups excluding carboxylic acids is 1. The fourth-order valence-electron chi connectivity index (χ4n) is 3.15. The third-order valence-corrected chi connectivity index (χ3v) is 6.16. The molecule has 0 aliphatic rings. The van der Waals surface area contributed by atoms with Crippen LogP contribution in [0.25, 0.3) is 11.0 Å². The summed E-state index contributed by atoms with van der Waals surface area (Å²) >= 11 is 0. The molecule has 0 saturated heterocycles. The predicted molar refractivity (Wildman–Crippen MR) is 120 cm³/mol. The minimum absolute atomic E-state index is 0.000332. The summed E-state index contributed by atoms with van der Waals surface area (Å²) in [6.45, 7) is 0.328. The Morgan fingerprint density at radius 2 is 1.72 bits per heavy atom. The van der Waals surface area contributed by atoms with Crippen LogP contribution in [0, 0.1) is 0 Å². The van der Waals surface area contributed by atoms with Crippen molar-refractivity contribution in [2.75, 3.05) is 11.8 Å². The molecule has 10 heteroatoms. The molecule has 4 N–H and O–H groups in total. The van der Waals surface area contributed by atoms with E-state index in [-0.39, 0.29) is 10.8 Å². The summed E-state index contributed by atoms with van der Waals surface area (Å²) in [7, 11) is -2.30. The molecule has 0 radical (unpaired) electrons. The van der Waals surface area contributed by atoms with Crippen LogP contribution >= 0.6 is 0 Å². The third-order valence-electron chi connectivity index (χ3n) is 4.78. The summed E-state index contributed by atoms with van der Waals surface area (Å²) in [6, 6.07) is 17.7. The van der Waals surface area contributed by atoms with Crippen LogP contribution in [-0.2, 0) is 16.6 Å². The third kappa shape index (κ3) is 4.65. The number of carbonyl (C=O) groups is 1. The van der Waals surface area contributed by atoms with E-state index in [1.807, 2.05) is 24.3 Å². The van der Waals surface area contributed by atoms with E-state index in [0.29, 0.717) is 34.6 Å². The van der Waals surface area contributed by atoms with Crippen LogP contribution in [-0.4, -0.2) is 31.4 Å². The summed E-state index contributed by atoms with van der Waals surface area (Å²) in [5.41, 5.74) is 2.07. The number of ether oxygens (including phenoxy) is 1. The van der Waals surface area contributed by atoms with Crippen LogP contribution in [0.1, 0.15) is 15.9 Å². The lowest BCUT2D eigenvalue weighted by molar-refractivity contribution is 0.0951. The second-order valence-corrected chi connectivity index (χ2v) is 8.69. The fourth-order valence-corrected chi connectivity index (χ4v) is 4.23. The highest BCUT2D eigenvalue weighted by atomic mass is 32.2. The molecular formula is C22H20N4O5S. The molecule has 164 valence electrons. The van der Waals surface area contributed by atoms with Crippen LogP contribution < -0.4 is 20.5 Å². The van der Waals surface area contributed by atoms with E-state index in [1.165, 1.54) is 42.5 Å². The summed E-state index contributed by atoms with van der Waals surface area (Å²) in [5.74, 6) is 0.416. The van der Waals surface area contributed by atoms with E-state index in [0.717, 1.165) is 5.56 Å². The molecule has 0 aliphatic carbocycles. The van der Waals surface area contributed by atoms with Gasteiger partial charge in [-0.2, -0.15) is 0 Å². The zero-order chi connectivity index (χ0) is 22.7. The van der Waals surface area contributed by atoms with Crippen LogP contribution in [0.2, 0.25) is 0 Å². The molecule has 9 nitrogen and oxygen atoms in total. The Bertz CT molecular complexity index is 1440. The van der Waals surface area contributed by atoms with E-state index in [2.05, 4.69) is 20.0 Å². The molecule has 0 fully saturated rings. The number of fused-ring (bicyclic) bond motifs is 1. The number of amides is 1. The zero-order valence-corrected chi connectivity index (χ0v) is 17.8. The van der Waals surface area contributed by atoms with Gasteiger partial charge in [0.25, 0.3) is 15.9 Å². The number of aromatic amines is 2. The number of hydrogen-bond donors (Lipinski definition) is 4. The van der Waals surface area contributed by atoms with Crippen LogP contribution in [0.3, 0.4) is 0 Å². The predicted octanol–water partition coefficient (Wildman–Crippen LogP) is 2.60. The Morgan fingerprint density at radius 3 is 2.47 bits per heavy atom. The molecule has 0 aliphatic heterocycles. The minimum Gasteiger partial charge on any atom is -0.497 e. The van der Waals surface area contributed by atoms with Crippen molar-refractivity contribution in [3.8, 4) is 5.75 Å². The summed E-state index contributed by atoms with van der Waals surface area (Å²) in [6.07, 6.45) is 0. The fraction of sp³-hybridized carbons (Fsp3) is 0.0909. The first kappa shape index (κ1) is 21.2. The molecule has 4 aromatic rings. The van der Waals surface area contributed by atoms with Gasteiger partial charge in [-0.15, -0.1) is 0 Å². The molecule has 0 unspecified atom stereocenters. The number of imidazole rings is 1. The monoisotopic (exact) mass is 452 g/mol. The number of nitrogens with one attached hydrogen (secondary N) is 4. The van der Waals surface area contributed by atoms with Crippen molar-refractivity contribution in [3.05, 3.63) is 88.3 Å². The Balaban J connectivity index is 1.43. The first-order valence-electron chi connectivity index (χ1n) is 9.60. The highest BCUT2D eigenvalue weighted by Crippen LogP contribution is 2.19. The maximum Gasteiger partial charge on any atom is 0.323 e. The number of anilines is 1. The van der Waals surface area contributed by atoms with Crippen molar-refractivity contribution in [2.24, 2.45) is 0 Å². The van der Waals surface area contributed by atoms with E-state index < -0.39 is 15.7 Å². The molecule has 32 heavy (non-hydrogen) atoms. The summed E-state index contributed by atoms with van der Waals surface area (Å²) in [5, 5.41) is 2.81. The van der Waals surface area contributed by atoms with Crippen molar-refractivity contribution < 1.29 is 17.9 Å². The molecule has 1 aromatic heterocycles. The normalized spacial score (nSPS) is 11.3.